The van der Waals surface area contributed by atoms with Crippen LogP contribution < -0.4 is 4.74 Å². The maximum Gasteiger partial charge on any atom is 0.171 e. The quantitative estimate of drug-likeness (QED) is 0.926. The number of hydrogen-bond acceptors (Lipinski definition) is 4. The number of rotatable bonds is 4. The van der Waals surface area contributed by atoms with Crippen molar-refractivity contribution in [2.24, 2.45) is 0 Å². The normalized spacial score (nSPS) is 14.1. The van der Waals surface area contributed by atoms with Gasteiger partial charge in [0.2, 0.25) is 0 Å². The number of benzene rings is 1. The Bertz CT molecular complexity index is 612. The predicted octanol–water partition coefficient (Wildman–Crippen LogP) is 1.82. The Morgan fingerprint density at radius 2 is 2.20 bits per heavy atom. The Labute approximate surface area is 116 Å². The first kappa shape index (κ1) is 13.1. The molecule has 106 valence electrons. The van der Waals surface area contributed by atoms with E-state index in [0.717, 1.165) is 37.5 Å². The van der Waals surface area contributed by atoms with Gasteiger partial charge in [0.05, 0.1) is 6.61 Å². The molecule has 6 heteroatoms. The van der Waals surface area contributed by atoms with E-state index in [2.05, 4.69) is 14.8 Å². The van der Waals surface area contributed by atoms with Crippen molar-refractivity contribution in [1.82, 2.24) is 14.8 Å². The van der Waals surface area contributed by atoms with E-state index in [9.17, 15) is 9.50 Å². The molecule has 1 aromatic heterocycles. The van der Waals surface area contributed by atoms with Gasteiger partial charge < -0.3 is 14.4 Å². The highest BCUT2D eigenvalue weighted by molar-refractivity contribution is 5.33. The first-order valence-corrected chi connectivity index (χ1v) is 6.71. The molecule has 1 aliphatic rings. The lowest BCUT2D eigenvalue weighted by Crippen LogP contribution is -2.14. The number of ether oxygens (including phenoxy) is 1. The average molecular weight is 277 g/mol. The Balaban J connectivity index is 1.75. The number of aryl methyl sites for hydroxylation is 1. The monoisotopic (exact) mass is 277 g/mol. The highest BCUT2D eigenvalue weighted by Gasteiger charge is 2.16. The van der Waals surface area contributed by atoms with Gasteiger partial charge in [-0.2, -0.15) is 0 Å². The van der Waals surface area contributed by atoms with Crippen LogP contribution in [0.5, 0.6) is 5.75 Å². The molecule has 1 N–H and O–H groups in total. The minimum absolute atomic E-state index is 0.259. The van der Waals surface area contributed by atoms with Crippen LogP contribution in [0.1, 0.15) is 30.1 Å². The van der Waals surface area contributed by atoms with Crippen LogP contribution in [0.2, 0.25) is 0 Å². The zero-order valence-electron chi connectivity index (χ0n) is 11.0. The summed E-state index contributed by atoms with van der Waals surface area (Å²) in [6, 6.07) is 4.11. The molecule has 0 bridgehead atoms. The van der Waals surface area contributed by atoms with Gasteiger partial charge >= 0.3 is 0 Å². The maximum absolute atomic E-state index is 13.1. The van der Waals surface area contributed by atoms with Gasteiger partial charge in [-0.15, -0.1) is 10.2 Å². The number of aromatic nitrogens is 3. The molecule has 0 fully saturated rings. The highest BCUT2D eigenvalue weighted by atomic mass is 19.1. The third-order valence-electron chi connectivity index (χ3n) is 3.49. The Morgan fingerprint density at radius 1 is 1.30 bits per heavy atom. The van der Waals surface area contributed by atoms with Gasteiger partial charge in [0, 0.05) is 18.5 Å². The van der Waals surface area contributed by atoms with Crippen molar-refractivity contribution in [1.29, 1.82) is 0 Å². The van der Waals surface area contributed by atoms with Crippen LogP contribution in [0.25, 0.3) is 0 Å². The molecule has 0 aliphatic carbocycles. The first-order chi connectivity index (χ1) is 9.78. The molecule has 0 radical (unpaired) electrons. The molecule has 2 heterocycles. The summed E-state index contributed by atoms with van der Waals surface area (Å²) in [5, 5.41) is 17.5. The molecule has 0 saturated heterocycles. The summed E-state index contributed by atoms with van der Waals surface area (Å²) in [6.07, 6.45) is 3.22. The Morgan fingerprint density at radius 3 is 3.05 bits per heavy atom. The highest BCUT2D eigenvalue weighted by Crippen LogP contribution is 2.21. The van der Waals surface area contributed by atoms with Crippen LogP contribution in [-0.4, -0.2) is 19.9 Å². The van der Waals surface area contributed by atoms with Crippen molar-refractivity contribution in [3.05, 3.63) is 41.2 Å². The SMILES string of the molecule is OCc1cc(F)ccc1OCc1nnc2n1CCCC2. The van der Waals surface area contributed by atoms with Crippen LogP contribution >= 0.6 is 0 Å². The van der Waals surface area contributed by atoms with Crippen molar-refractivity contribution in [2.75, 3.05) is 0 Å². The number of fused-ring (bicyclic) bond motifs is 1. The first-order valence-electron chi connectivity index (χ1n) is 6.71. The number of aliphatic hydroxyl groups excluding tert-OH is 1. The molecule has 1 aromatic carbocycles. The lowest BCUT2D eigenvalue weighted by atomic mass is 10.2. The Hall–Kier alpha value is -1.95. The third-order valence-corrected chi connectivity index (χ3v) is 3.49. The van der Waals surface area contributed by atoms with E-state index in [1.54, 1.807) is 0 Å². The lowest BCUT2D eigenvalue weighted by molar-refractivity contribution is 0.251. The molecular formula is C14H16FN3O2. The maximum atomic E-state index is 13.1. The summed E-state index contributed by atoms with van der Waals surface area (Å²) in [4.78, 5) is 0. The topological polar surface area (TPSA) is 60.2 Å². The molecule has 0 spiro atoms. The molecule has 0 amide bonds. The second-order valence-electron chi connectivity index (χ2n) is 4.84. The summed E-state index contributed by atoms with van der Waals surface area (Å²) >= 11 is 0. The molecule has 3 rings (SSSR count). The van der Waals surface area contributed by atoms with Crippen molar-refractivity contribution in [3.8, 4) is 5.75 Å². The van der Waals surface area contributed by atoms with Gasteiger partial charge in [-0.1, -0.05) is 0 Å². The number of halogens is 1. The summed E-state index contributed by atoms with van der Waals surface area (Å²) in [7, 11) is 0. The van der Waals surface area contributed by atoms with Gasteiger partial charge in [-0.3, -0.25) is 0 Å². The van der Waals surface area contributed by atoms with Crippen molar-refractivity contribution >= 4 is 0 Å². The molecule has 2 aromatic rings. The summed E-state index contributed by atoms with van der Waals surface area (Å²) < 4.78 is 20.8. The molecule has 0 atom stereocenters. The smallest absolute Gasteiger partial charge is 0.171 e. The van der Waals surface area contributed by atoms with Crippen LogP contribution in [0.4, 0.5) is 4.39 Å². The van der Waals surface area contributed by atoms with Crippen molar-refractivity contribution in [3.63, 3.8) is 0 Å². The molecule has 1 aliphatic heterocycles. The summed E-state index contributed by atoms with van der Waals surface area (Å²) in [5.74, 6) is 1.85. The van der Waals surface area contributed by atoms with E-state index in [0.29, 0.717) is 11.3 Å². The van der Waals surface area contributed by atoms with E-state index < -0.39 is 0 Å². The zero-order chi connectivity index (χ0) is 13.9. The molecule has 0 saturated carbocycles. The van der Waals surface area contributed by atoms with E-state index in [1.807, 2.05) is 0 Å². The summed E-state index contributed by atoms with van der Waals surface area (Å²) in [5.41, 5.74) is 0.434. The largest absolute Gasteiger partial charge is 0.485 e. The fourth-order valence-electron chi connectivity index (χ4n) is 2.43. The van der Waals surface area contributed by atoms with Crippen LogP contribution in [0.15, 0.2) is 18.2 Å². The van der Waals surface area contributed by atoms with Gasteiger partial charge in [-0.05, 0) is 31.0 Å². The predicted molar refractivity (Wildman–Crippen MR) is 69.6 cm³/mol. The lowest BCUT2D eigenvalue weighted by Gasteiger charge is -2.15. The van der Waals surface area contributed by atoms with E-state index >= 15 is 0 Å². The van der Waals surface area contributed by atoms with Crippen molar-refractivity contribution < 1.29 is 14.2 Å². The van der Waals surface area contributed by atoms with E-state index in [-0.39, 0.29) is 19.0 Å². The van der Waals surface area contributed by atoms with E-state index in [4.69, 9.17) is 4.74 Å². The molecule has 5 nitrogen and oxygen atoms in total. The fraction of sp³-hybridized carbons (Fsp3) is 0.429. The third kappa shape index (κ3) is 2.51. The van der Waals surface area contributed by atoms with Crippen LogP contribution in [0, 0.1) is 5.82 Å². The van der Waals surface area contributed by atoms with E-state index in [1.165, 1.54) is 18.2 Å². The molecule has 20 heavy (non-hydrogen) atoms. The Kier molecular flexibility index (Phi) is 3.64. The number of nitrogens with zero attached hydrogens (tertiary/aromatic N) is 3. The zero-order valence-corrected chi connectivity index (χ0v) is 11.0. The molecular weight excluding hydrogens is 261 g/mol. The second kappa shape index (κ2) is 5.58. The van der Waals surface area contributed by atoms with Gasteiger partial charge in [0.1, 0.15) is 24.0 Å². The van der Waals surface area contributed by atoms with Crippen LogP contribution in [-0.2, 0) is 26.2 Å². The minimum atomic E-state index is -0.388. The standard InChI is InChI=1S/C14H16FN3O2/c15-11-4-5-12(10(7-11)8-19)20-9-14-17-16-13-3-1-2-6-18(13)14/h4-5,7,19H,1-3,6,8-9H2. The second-order valence-corrected chi connectivity index (χ2v) is 4.84. The van der Waals surface area contributed by atoms with Gasteiger partial charge in [0.25, 0.3) is 0 Å². The fourth-order valence-corrected chi connectivity index (χ4v) is 2.43. The number of hydrogen-bond donors (Lipinski definition) is 1. The number of aliphatic hydroxyl groups is 1. The van der Waals surface area contributed by atoms with Gasteiger partial charge in [-0.25, -0.2) is 4.39 Å². The average Bonchev–Trinajstić information content (AvgIpc) is 2.89. The van der Waals surface area contributed by atoms with Crippen LogP contribution in [0.3, 0.4) is 0 Å². The van der Waals surface area contributed by atoms with Gasteiger partial charge in [0.15, 0.2) is 5.82 Å². The van der Waals surface area contributed by atoms with Crippen molar-refractivity contribution in [2.45, 2.75) is 39.0 Å². The minimum Gasteiger partial charge on any atom is -0.485 e. The summed E-state index contributed by atoms with van der Waals surface area (Å²) in [6.45, 7) is 0.925. The molecule has 0 unspecified atom stereocenters.